The number of H-pyrrole nitrogens is 1. The standard InChI is InChI=1S/C27H33N7O/c1-32(2)12-7-20-4-3-5-23(16-20)22-9-14-33(15-10-22)13-8-21-17-31-34(18-21)26-25-24(6-11-28-26)27(35)30-19-29-25/h3-6,11,16-19,22H,7-10,12-15H2,1-2H3,(H,29,30,35). The average Bonchev–Trinajstić information content (AvgIpc) is 3.36. The van der Waals surface area contributed by atoms with Gasteiger partial charge in [0.25, 0.3) is 5.56 Å². The number of hydrogen-bond donors (Lipinski definition) is 1. The maximum atomic E-state index is 12.1. The number of benzene rings is 1. The van der Waals surface area contributed by atoms with Gasteiger partial charge in [0.05, 0.1) is 17.9 Å². The number of piperidine rings is 1. The molecule has 1 aliphatic heterocycles. The van der Waals surface area contributed by atoms with Crippen molar-refractivity contribution >= 4 is 10.9 Å². The summed E-state index contributed by atoms with van der Waals surface area (Å²) < 4.78 is 1.72. The van der Waals surface area contributed by atoms with Crippen molar-refractivity contribution < 1.29 is 0 Å². The molecule has 0 amide bonds. The SMILES string of the molecule is CN(C)CCc1cccc(C2CCN(CCc3cnn(-c4nccc5c(=O)[nH]cnc45)c3)CC2)c1. The van der Waals surface area contributed by atoms with Crippen LogP contribution in [0.5, 0.6) is 0 Å². The number of nitrogens with zero attached hydrogens (tertiary/aromatic N) is 6. The molecule has 0 radical (unpaired) electrons. The second kappa shape index (κ2) is 10.5. The zero-order chi connectivity index (χ0) is 24.2. The normalized spacial score (nSPS) is 15.3. The number of nitrogens with one attached hydrogen (secondary N) is 1. The summed E-state index contributed by atoms with van der Waals surface area (Å²) in [5.74, 6) is 1.23. The van der Waals surface area contributed by atoms with Crippen LogP contribution in [0, 0.1) is 0 Å². The van der Waals surface area contributed by atoms with E-state index >= 15 is 0 Å². The molecule has 35 heavy (non-hydrogen) atoms. The van der Waals surface area contributed by atoms with E-state index in [1.165, 1.54) is 30.3 Å². The highest BCUT2D eigenvalue weighted by Crippen LogP contribution is 2.28. The molecule has 3 aromatic heterocycles. The Morgan fingerprint density at radius 2 is 1.94 bits per heavy atom. The van der Waals surface area contributed by atoms with Gasteiger partial charge in [0.2, 0.25) is 0 Å². The van der Waals surface area contributed by atoms with Crippen molar-refractivity contribution in [3.63, 3.8) is 0 Å². The van der Waals surface area contributed by atoms with Crippen LogP contribution in [0.4, 0.5) is 0 Å². The molecular formula is C27H33N7O. The largest absolute Gasteiger partial charge is 0.313 e. The number of aromatic amines is 1. The van der Waals surface area contributed by atoms with E-state index < -0.39 is 0 Å². The third-order valence-electron chi connectivity index (χ3n) is 6.97. The number of pyridine rings is 1. The zero-order valence-corrected chi connectivity index (χ0v) is 20.5. The first-order valence-electron chi connectivity index (χ1n) is 12.4. The first-order valence-corrected chi connectivity index (χ1v) is 12.4. The first kappa shape index (κ1) is 23.4. The van der Waals surface area contributed by atoms with E-state index in [0.717, 1.165) is 44.6 Å². The van der Waals surface area contributed by atoms with Crippen molar-refractivity contribution in [2.75, 3.05) is 40.3 Å². The molecule has 182 valence electrons. The van der Waals surface area contributed by atoms with E-state index in [4.69, 9.17) is 0 Å². The Hall–Kier alpha value is -3.36. The van der Waals surface area contributed by atoms with Crippen LogP contribution in [0.3, 0.4) is 0 Å². The van der Waals surface area contributed by atoms with Crippen LogP contribution in [-0.2, 0) is 12.8 Å². The molecule has 0 atom stereocenters. The third kappa shape index (κ3) is 5.49. The second-order valence-electron chi connectivity index (χ2n) is 9.72. The lowest BCUT2D eigenvalue weighted by Gasteiger charge is -2.32. The molecule has 0 unspecified atom stereocenters. The summed E-state index contributed by atoms with van der Waals surface area (Å²) in [6.07, 6.45) is 11.4. The van der Waals surface area contributed by atoms with Crippen LogP contribution >= 0.6 is 0 Å². The summed E-state index contributed by atoms with van der Waals surface area (Å²) in [6.45, 7) is 4.35. The molecule has 1 aromatic carbocycles. The van der Waals surface area contributed by atoms with E-state index in [2.05, 4.69) is 68.2 Å². The monoisotopic (exact) mass is 471 g/mol. The van der Waals surface area contributed by atoms with E-state index in [-0.39, 0.29) is 5.56 Å². The lowest BCUT2D eigenvalue weighted by Crippen LogP contribution is -2.34. The molecule has 0 aliphatic carbocycles. The van der Waals surface area contributed by atoms with Gasteiger partial charge in [-0.05, 0) is 81.5 Å². The van der Waals surface area contributed by atoms with Gasteiger partial charge in [-0.1, -0.05) is 24.3 Å². The maximum Gasteiger partial charge on any atom is 0.258 e. The van der Waals surface area contributed by atoms with Crippen LogP contribution in [0.15, 0.2) is 60.0 Å². The second-order valence-corrected chi connectivity index (χ2v) is 9.72. The van der Waals surface area contributed by atoms with Gasteiger partial charge in [0, 0.05) is 25.5 Å². The first-order chi connectivity index (χ1) is 17.1. The van der Waals surface area contributed by atoms with Crippen LogP contribution < -0.4 is 5.56 Å². The highest BCUT2D eigenvalue weighted by atomic mass is 16.1. The third-order valence-corrected chi connectivity index (χ3v) is 6.97. The minimum absolute atomic E-state index is 0.172. The lowest BCUT2D eigenvalue weighted by molar-refractivity contribution is 0.214. The molecule has 1 aliphatic rings. The summed E-state index contributed by atoms with van der Waals surface area (Å²) >= 11 is 0. The van der Waals surface area contributed by atoms with Crippen molar-refractivity contribution in [1.82, 2.24) is 34.5 Å². The van der Waals surface area contributed by atoms with Crippen LogP contribution in [-0.4, -0.2) is 74.8 Å². The highest BCUT2D eigenvalue weighted by Gasteiger charge is 2.21. The summed E-state index contributed by atoms with van der Waals surface area (Å²) in [5.41, 5.74) is 4.48. The maximum absolute atomic E-state index is 12.1. The van der Waals surface area contributed by atoms with Crippen LogP contribution in [0.2, 0.25) is 0 Å². The van der Waals surface area contributed by atoms with Gasteiger partial charge in [0.15, 0.2) is 5.82 Å². The molecule has 4 aromatic rings. The smallest absolute Gasteiger partial charge is 0.258 e. The van der Waals surface area contributed by atoms with Crippen LogP contribution in [0.1, 0.15) is 35.4 Å². The van der Waals surface area contributed by atoms with Gasteiger partial charge >= 0.3 is 0 Å². The number of likely N-dealkylation sites (tertiary alicyclic amines) is 1. The average molecular weight is 472 g/mol. The van der Waals surface area contributed by atoms with Gasteiger partial charge < -0.3 is 14.8 Å². The molecule has 4 heterocycles. The summed E-state index contributed by atoms with van der Waals surface area (Å²) in [5, 5.41) is 5.01. The molecule has 8 heteroatoms. The number of likely N-dealkylation sites (N-methyl/N-ethyl adjacent to an activating group) is 1. The quantitative estimate of drug-likeness (QED) is 0.425. The minimum Gasteiger partial charge on any atom is -0.313 e. The fraction of sp³-hybridized carbons (Fsp3) is 0.407. The molecule has 8 nitrogen and oxygen atoms in total. The van der Waals surface area contributed by atoms with Gasteiger partial charge in [0.1, 0.15) is 5.52 Å². The van der Waals surface area contributed by atoms with Crippen molar-refractivity contribution in [3.8, 4) is 5.82 Å². The Labute approximate surface area is 205 Å². The summed E-state index contributed by atoms with van der Waals surface area (Å²) in [7, 11) is 4.26. The predicted octanol–water partition coefficient (Wildman–Crippen LogP) is 3.03. The Bertz CT molecular complexity index is 1330. The molecule has 1 saturated heterocycles. The van der Waals surface area contributed by atoms with Gasteiger partial charge in [-0.3, -0.25) is 4.79 Å². The van der Waals surface area contributed by atoms with Crippen molar-refractivity contribution in [2.45, 2.75) is 31.6 Å². The number of hydrogen-bond acceptors (Lipinski definition) is 6. The fourth-order valence-corrected chi connectivity index (χ4v) is 4.89. The highest BCUT2D eigenvalue weighted by molar-refractivity contribution is 5.83. The van der Waals surface area contributed by atoms with Gasteiger partial charge in [-0.15, -0.1) is 0 Å². The van der Waals surface area contributed by atoms with E-state index in [1.807, 2.05) is 12.4 Å². The van der Waals surface area contributed by atoms with E-state index in [0.29, 0.717) is 22.6 Å². The number of fused-ring (bicyclic) bond motifs is 1. The molecule has 5 rings (SSSR count). The molecule has 1 N–H and O–H groups in total. The number of aromatic nitrogens is 5. The molecule has 0 bridgehead atoms. The van der Waals surface area contributed by atoms with Gasteiger partial charge in [-0.25, -0.2) is 14.6 Å². The Kier molecular flexibility index (Phi) is 7.01. The fourth-order valence-electron chi connectivity index (χ4n) is 4.89. The Morgan fingerprint density at radius 3 is 2.77 bits per heavy atom. The zero-order valence-electron chi connectivity index (χ0n) is 20.5. The molecular weight excluding hydrogens is 438 g/mol. The predicted molar refractivity (Wildman–Crippen MR) is 138 cm³/mol. The van der Waals surface area contributed by atoms with Crippen molar-refractivity contribution in [1.29, 1.82) is 0 Å². The Morgan fingerprint density at radius 1 is 1.09 bits per heavy atom. The minimum atomic E-state index is -0.172. The lowest BCUT2D eigenvalue weighted by atomic mass is 9.88. The van der Waals surface area contributed by atoms with Crippen LogP contribution in [0.25, 0.3) is 16.7 Å². The number of rotatable bonds is 8. The van der Waals surface area contributed by atoms with Gasteiger partial charge in [-0.2, -0.15) is 5.10 Å². The van der Waals surface area contributed by atoms with Crippen molar-refractivity contribution in [2.24, 2.45) is 0 Å². The molecule has 1 fully saturated rings. The van der Waals surface area contributed by atoms with E-state index in [9.17, 15) is 4.79 Å². The van der Waals surface area contributed by atoms with Crippen molar-refractivity contribution in [3.05, 3.63) is 82.3 Å². The summed E-state index contributed by atoms with van der Waals surface area (Å²) in [6, 6.07) is 10.9. The molecule has 0 spiro atoms. The summed E-state index contributed by atoms with van der Waals surface area (Å²) in [4.78, 5) is 28.2. The molecule has 0 saturated carbocycles. The Balaban J connectivity index is 1.16. The topological polar surface area (TPSA) is 82.9 Å². The van der Waals surface area contributed by atoms with E-state index in [1.54, 1.807) is 16.9 Å².